The van der Waals surface area contributed by atoms with Crippen molar-refractivity contribution in [2.24, 2.45) is 12.8 Å². The van der Waals surface area contributed by atoms with Gasteiger partial charge in [-0.15, -0.1) is 0 Å². The molecule has 0 amide bonds. The molecule has 2 rings (SSSR count). The molecule has 2 N–H and O–H groups in total. The van der Waals surface area contributed by atoms with Gasteiger partial charge < -0.3 is 5.73 Å². The van der Waals surface area contributed by atoms with E-state index in [2.05, 4.69) is 29.9 Å². The van der Waals surface area contributed by atoms with Crippen molar-refractivity contribution in [3.8, 4) is 0 Å². The highest BCUT2D eigenvalue weighted by Crippen LogP contribution is 2.37. The van der Waals surface area contributed by atoms with E-state index in [-0.39, 0.29) is 11.6 Å². The molecular weight excluding hydrogens is 224 g/mol. The third-order valence-electron chi connectivity index (χ3n) is 4.59. The summed E-state index contributed by atoms with van der Waals surface area (Å²) in [5, 5.41) is 4.51. The van der Waals surface area contributed by atoms with Crippen LogP contribution in [0.25, 0.3) is 0 Å². The maximum atomic E-state index is 6.57. The number of hydrogen-bond acceptors (Lipinski definition) is 3. The van der Waals surface area contributed by atoms with E-state index in [1.54, 1.807) is 0 Å². The molecule has 1 fully saturated rings. The number of nitrogens with zero attached hydrogens (tertiary/aromatic N) is 3. The van der Waals surface area contributed by atoms with Crippen molar-refractivity contribution in [2.75, 3.05) is 13.1 Å². The Morgan fingerprint density at radius 2 is 1.94 bits per heavy atom. The first-order valence-electron chi connectivity index (χ1n) is 7.14. The fraction of sp³-hybridized carbons (Fsp3) is 0.786. The maximum Gasteiger partial charge on any atom is 0.0810 e. The van der Waals surface area contributed by atoms with E-state index in [4.69, 9.17) is 5.73 Å². The molecule has 102 valence electrons. The van der Waals surface area contributed by atoms with Crippen LogP contribution in [0.1, 0.15) is 51.3 Å². The quantitative estimate of drug-likeness (QED) is 0.870. The molecule has 0 radical (unpaired) electrons. The van der Waals surface area contributed by atoms with E-state index in [1.807, 2.05) is 17.9 Å². The number of aromatic nitrogens is 2. The number of nitrogens with two attached hydrogens (primary N) is 1. The van der Waals surface area contributed by atoms with E-state index in [0.29, 0.717) is 0 Å². The minimum Gasteiger partial charge on any atom is -0.321 e. The first-order valence-corrected chi connectivity index (χ1v) is 7.14. The largest absolute Gasteiger partial charge is 0.321 e. The van der Waals surface area contributed by atoms with Gasteiger partial charge in [-0.3, -0.25) is 9.58 Å². The van der Waals surface area contributed by atoms with Crippen LogP contribution in [-0.4, -0.2) is 33.3 Å². The molecule has 4 nitrogen and oxygen atoms in total. The first-order chi connectivity index (χ1) is 8.64. The molecule has 1 unspecified atom stereocenters. The summed E-state index contributed by atoms with van der Waals surface area (Å²) in [4.78, 5) is 2.59. The van der Waals surface area contributed by atoms with E-state index in [0.717, 1.165) is 18.5 Å². The monoisotopic (exact) mass is 250 g/mol. The molecule has 0 saturated carbocycles. The zero-order chi connectivity index (χ0) is 13.2. The van der Waals surface area contributed by atoms with Gasteiger partial charge in [0, 0.05) is 18.8 Å². The summed E-state index contributed by atoms with van der Waals surface area (Å²) in [6.45, 7) is 6.87. The van der Waals surface area contributed by atoms with Gasteiger partial charge in [-0.25, -0.2) is 0 Å². The van der Waals surface area contributed by atoms with Crippen LogP contribution in [0.5, 0.6) is 0 Å². The third kappa shape index (κ3) is 2.19. The third-order valence-corrected chi connectivity index (χ3v) is 4.59. The summed E-state index contributed by atoms with van der Waals surface area (Å²) in [5.74, 6) is 0. The Kier molecular flexibility index (Phi) is 4.07. The summed E-state index contributed by atoms with van der Waals surface area (Å²) < 4.78 is 1.84. The zero-order valence-electron chi connectivity index (χ0n) is 11.9. The zero-order valence-corrected chi connectivity index (χ0v) is 11.9. The predicted molar refractivity (Wildman–Crippen MR) is 74.3 cm³/mol. The van der Waals surface area contributed by atoms with Gasteiger partial charge in [-0.05, 0) is 44.8 Å². The van der Waals surface area contributed by atoms with E-state index >= 15 is 0 Å². The van der Waals surface area contributed by atoms with Gasteiger partial charge in [0.15, 0.2) is 0 Å². The van der Waals surface area contributed by atoms with Crippen LogP contribution >= 0.6 is 0 Å². The lowest BCUT2D eigenvalue weighted by Crippen LogP contribution is -2.53. The van der Waals surface area contributed by atoms with Crippen molar-refractivity contribution in [3.05, 3.63) is 18.0 Å². The van der Waals surface area contributed by atoms with Crippen LogP contribution in [0.3, 0.4) is 0 Å². The summed E-state index contributed by atoms with van der Waals surface area (Å²) in [5.41, 5.74) is 7.67. The Hall–Kier alpha value is -0.870. The molecule has 1 aliphatic rings. The van der Waals surface area contributed by atoms with Gasteiger partial charge in [0.1, 0.15) is 0 Å². The lowest BCUT2D eigenvalue weighted by molar-refractivity contribution is 0.0750. The topological polar surface area (TPSA) is 47.1 Å². The number of aryl methyl sites for hydroxylation is 1. The Balaban J connectivity index is 2.28. The predicted octanol–water partition coefficient (Wildman–Crippen LogP) is 2.07. The molecule has 0 spiro atoms. The van der Waals surface area contributed by atoms with Crippen LogP contribution in [0.2, 0.25) is 0 Å². The molecule has 0 aromatic carbocycles. The van der Waals surface area contributed by atoms with Gasteiger partial charge in [0.2, 0.25) is 0 Å². The average molecular weight is 250 g/mol. The molecule has 1 aromatic heterocycles. The van der Waals surface area contributed by atoms with Crippen molar-refractivity contribution in [1.82, 2.24) is 14.7 Å². The Morgan fingerprint density at radius 1 is 1.33 bits per heavy atom. The summed E-state index contributed by atoms with van der Waals surface area (Å²) in [6.07, 6.45) is 6.76. The average Bonchev–Trinajstić information content (AvgIpc) is 3.03. The molecule has 0 bridgehead atoms. The van der Waals surface area contributed by atoms with Gasteiger partial charge in [-0.2, -0.15) is 5.10 Å². The normalized spacial score (nSPS) is 19.3. The molecule has 1 atom stereocenters. The lowest BCUT2D eigenvalue weighted by Gasteiger charge is -2.44. The highest BCUT2D eigenvalue weighted by molar-refractivity contribution is 5.14. The molecule has 1 saturated heterocycles. The van der Waals surface area contributed by atoms with Gasteiger partial charge in [-0.1, -0.05) is 13.8 Å². The Labute approximate surface area is 110 Å². The van der Waals surface area contributed by atoms with Gasteiger partial charge in [0.05, 0.1) is 11.7 Å². The molecule has 1 aromatic rings. The molecule has 0 aliphatic carbocycles. The van der Waals surface area contributed by atoms with E-state index in [1.165, 1.54) is 25.9 Å². The minimum atomic E-state index is 0.00630. The van der Waals surface area contributed by atoms with Crippen LogP contribution < -0.4 is 5.73 Å². The maximum absolute atomic E-state index is 6.57. The number of likely N-dealkylation sites (tertiary alicyclic amines) is 1. The molecule has 1 aliphatic heterocycles. The molecule has 18 heavy (non-hydrogen) atoms. The SMILES string of the molecule is CCC(CC)(C(N)c1ccn(C)n1)N1CCCC1. The first kappa shape index (κ1) is 13.6. The molecule has 4 heteroatoms. The molecular formula is C14H26N4. The van der Waals surface area contributed by atoms with Crippen LogP contribution in [0.15, 0.2) is 12.3 Å². The Morgan fingerprint density at radius 3 is 2.39 bits per heavy atom. The second kappa shape index (κ2) is 5.41. The van der Waals surface area contributed by atoms with Gasteiger partial charge in [0.25, 0.3) is 0 Å². The van der Waals surface area contributed by atoms with Crippen molar-refractivity contribution >= 4 is 0 Å². The van der Waals surface area contributed by atoms with E-state index < -0.39 is 0 Å². The summed E-state index contributed by atoms with van der Waals surface area (Å²) in [7, 11) is 1.95. The Bertz CT molecular complexity index is 375. The fourth-order valence-electron chi connectivity index (χ4n) is 3.37. The van der Waals surface area contributed by atoms with E-state index in [9.17, 15) is 0 Å². The van der Waals surface area contributed by atoms with Crippen molar-refractivity contribution < 1.29 is 0 Å². The highest BCUT2D eigenvalue weighted by Gasteiger charge is 2.41. The minimum absolute atomic E-state index is 0.00630. The number of hydrogen-bond donors (Lipinski definition) is 1. The van der Waals surface area contributed by atoms with Gasteiger partial charge >= 0.3 is 0 Å². The summed E-state index contributed by atoms with van der Waals surface area (Å²) >= 11 is 0. The summed E-state index contributed by atoms with van der Waals surface area (Å²) in [6, 6.07) is 2.06. The standard InChI is InChI=1S/C14H26N4/c1-4-14(5-2,18-9-6-7-10-18)13(15)12-8-11-17(3)16-12/h8,11,13H,4-7,9-10,15H2,1-3H3. The highest BCUT2D eigenvalue weighted by atomic mass is 15.3. The smallest absolute Gasteiger partial charge is 0.0810 e. The number of rotatable bonds is 5. The van der Waals surface area contributed by atoms with Crippen molar-refractivity contribution in [2.45, 2.75) is 51.1 Å². The van der Waals surface area contributed by atoms with Crippen LogP contribution in [0, 0.1) is 0 Å². The van der Waals surface area contributed by atoms with Crippen molar-refractivity contribution in [3.63, 3.8) is 0 Å². The molecule has 2 heterocycles. The van der Waals surface area contributed by atoms with Crippen molar-refractivity contribution in [1.29, 1.82) is 0 Å². The van der Waals surface area contributed by atoms with Crippen LogP contribution in [0.4, 0.5) is 0 Å². The van der Waals surface area contributed by atoms with Crippen LogP contribution in [-0.2, 0) is 7.05 Å². The second-order valence-corrected chi connectivity index (χ2v) is 5.40. The second-order valence-electron chi connectivity index (χ2n) is 5.40. The fourth-order valence-corrected chi connectivity index (χ4v) is 3.37. The lowest BCUT2D eigenvalue weighted by atomic mass is 9.81.